The first-order valence-electron chi connectivity index (χ1n) is 7.14. The maximum absolute atomic E-state index is 12.5. The lowest BCUT2D eigenvalue weighted by molar-refractivity contribution is -0.128. The van der Waals surface area contributed by atoms with Crippen LogP contribution in [0, 0.1) is 0 Å². The molecule has 1 saturated heterocycles. The van der Waals surface area contributed by atoms with E-state index in [2.05, 4.69) is 4.98 Å². The van der Waals surface area contributed by atoms with Crippen LogP contribution in [0.15, 0.2) is 34.7 Å². The van der Waals surface area contributed by atoms with Crippen LogP contribution < -0.4 is 0 Å². The molecule has 0 saturated carbocycles. The van der Waals surface area contributed by atoms with Gasteiger partial charge in [0.05, 0.1) is 5.01 Å². The summed E-state index contributed by atoms with van der Waals surface area (Å²) in [5, 5.41) is 5.28. The Morgan fingerprint density at radius 1 is 1.33 bits per heavy atom. The van der Waals surface area contributed by atoms with Gasteiger partial charge in [-0.15, -0.1) is 22.7 Å². The Morgan fingerprint density at radius 2 is 2.14 bits per heavy atom. The standard InChI is InChI=1S/C16H18N2OS2/c1-12(11-14-3-2-9-20-14)16(19)18-7-4-13(5-8-18)15-17-6-10-21-15/h2-3,6,9-11,13H,4-5,7-8H2,1H3/b12-11+. The highest BCUT2D eigenvalue weighted by atomic mass is 32.1. The monoisotopic (exact) mass is 318 g/mol. The molecule has 1 aliphatic heterocycles. The molecule has 5 heteroatoms. The topological polar surface area (TPSA) is 33.2 Å². The van der Waals surface area contributed by atoms with Gasteiger partial charge in [0.15, 0.2) is 0 Å². The first-order valence-corrected chi connectivity index (χ1v) is 8.90. The number of thiazole rings is 1. The Bertz CT molecular complexity index is 609. The van der Waals surface area contributed by atoms with E-state index in [1.54, 1.807) is 22.7 Å². The smallest absolute Gasteiger partial charge is 0.249 e. The number of amides is 1. The van der Waals surface area contributed by atoms with Crippen LogP contribution in [0.2, 0.25) is 0 Å². The summed E-state index contributed by atoms with van der Waals surface area (Å²) in [7, 11) is 0. The summed E-state index contributed by atoms with van der Waals surface area (Å²) in [6, 6.07) is 4.05. The number of nitrogens with zero attached hydrogens (tertiary/aromatic N) is 2. The third-order valence-electron chi connectivity index (χ3n) is 3.82. The van der Waals surface area contributed by atoms with Gasteiger partial charge >= 0.3 is 0 Å². The van der Waals surface area contributed by atoms with Crippen LogP contribution in [-0.4, -0.2) is 28.9 Å². The molecule has 0 aromatic carbocycles. The fourth-order valence-electron chi connectivity index (χ4n) is 2.66. The molecule has 0 aliphatic carbocycles. The summed E-state index contributed by atoms with van der Waals surface area (Å²) < 4.78 is 0. The van der Waals surface area contributed by atoms with Crippen molar-refractivity contribution >= 4 is 34.7 Å². The highest BCUT2D eigenvalue weighted by Gasteiger charge is 2.25. The number of hydrogen-bond donors (Lipinski definition) is 0. The van der Waals surface area contributed by atoms with Gasteiger partial charge in [-0.1, -0.05) is 6.07 Å². The lowest BCUT2D eigenvalue weighted by Crippen LogP contribution is -2.38. The van der Waals surface area contributed by atoms with Crippen molar-refractivity contribution in [3.8, 4) is 0 Å². The van der Waals surface area contributed by atoms with Gasteiger partial charge in [-0.25, -0.2) is 4.98 Å². The van der Waals surface area contributed by atoms with Gasteiger partial charge < -0.3 is 4.90 Å². The van der Waals surface area contributed by atoms with Crippen molar-refractivity contribution in [2.75, 3.05) is 13.1 Å². The second kappa shape index (κ2) is 6.54. The largest absolute Gasteiger partial charge is 0.339 e. The number of thiophene rings is 1. The number of piperidine rings is 1. The summed E-state index contributed by atoms with van der Waals surface area (Å²) in [6.07, 6.45) is 5.89. The summed E-state index contributed by atoms with van der Waals surface area (Å²) in [6.45, 7) is 3.58. The summed E-state index contributed by atoms with van der Waals surface area (Å²) in [4.78, 5) is 20.0. The van der Waals surface area contributed by atoms with Crippen LogP contribution >= 0.6 is 22.7 Å². The predicted molar refractivity (Wildman–Crippen MR) is 88.6 cm³/mol. The second-order valence-corrected chi connectivity index (χ2v) is 7.19. The average Bonchev–Trinajstić information content (AvgIpc) is 3.20. The number of carbonyl (C=O) groups excluding carboxylic acids is 1. The van der Waals surface area contributed by atoms with Crippen LogP contribution in [0.1, 0.15) is 35.6 Å². The molecule has 1 fully saturated rings. The van der Waals surface area contributed by atoms with Crippen molar-refractivity contribution in [2.45, 2.75) is 25.7 Å². The quantitative estimate of drug-likeness (QED) is 0.801. The van der Waals surface area contributed by atoms with Crippen molar-refractivity contribution in [2.24, 2.45) is 0 Å². The third-order valence-corrected chi connectivity index (χ3v) is 5.58. The van der Waals surface area contributed by atoms with Crippen LogP contribution in [-0.2, 0) is 4.79 Å². The number of likely N-dealkylation sites (tertiary alicyclic amines) is 1. The molecule has 0 radical (unpaired) electrons. The molecular formula is C16H18N2OS2. The van der Waals surface area contributed by atoms with E-state index in [9.17, 15) is 4.79 Å². The minimum absolute atomic E-state index is 0.168. The first kappa shape index (κ1) is 14.5. The van der Waals surface area contributed by atoms with E-state index in [4.69, 9.17) is 0 Å². The maximum atomic E-state index is 12.5. The van der Waals surface area contributed by atoms with Crippen LogP contribution in [0.25, 0.3) is 6.08 Å². The van der Waals surface area contributed by atoms with E-state index in [-0.39, 0.29) is 5.91 Å². The Labute approximate surface area is 132 Å². The van der Waals surface area contributed by atoms with Gasteiger partial charge in [0, 0.05) is 41.0 Å². The molecule has 0 bridgehead atoms. The molecule has 3 rings (SSSR count). The zero-order valence-corrected chi connectivity index (χ0v) is 13.6. The molecule has 1 amide bonds. The van der Waals surface area contributed by atoms with Gasteiger partial charge in [-0.05, 0) is 37.3 Å². The Morgan fingerprint density at radius 3 is 2.76 bits per heavy atom. The first-order chi connectivity index (χ1) is 10.2. The normalized spacial score (nSPS) is 17.2. The third kappa shape index (κ3) is 3.41. The summed E-state index contributed by atoms with van der Waals surface area (Å²) in [5.41, 5.74) is 0.824. The SMILES string of the molecule is C/C(=C\c1cccs1)C(=O)N1CCC(c2nccs2)CC1. The van der Waals surface area contributed by atoms with Crippen LogP contribution in [0.3, 0.4) is 0 Å². The Hall–Kier alpha value is -1.46. The molecule has 3 nitrogen and oxygen atoms in total. The van der Waals surface area contributed by atoms with Gasteiger partial charge in [-0.3, -0.25) is 4.79 Å². The molecule has 0 spiro atoms. The van der Waals surface area contributed by atoms with Crippen molar-refractivity contribution in [1.29, 1.82) is 0 Å². The predicted octanol–water partition coefficient (Wildman–Crippen LogP) is 4.01. The average molecular weight is 318 g/mol. The van der Waals surface area contributed by atoms with Crippen molar-refractivity contribution < 1.29 is 4.79 Å². The lowest BCUT2D eigenvalue weighted by atomic mass is 9.97. The van der Waals surface area contributed by atoms with Crippen LogP contribution in [0.5, 0.6) is 0 Å². The summed E-state index contributed by atoms with van der Waals surface area (Å²) in [5.74, 6) is 0.691. The molecule has 2 aromatic heterocycles. The van der Waals surface area contributed by atoms with E-state index >= 15 is 0 Å². The number of rotatable bonds is 3. The van der Waals surface area contributed by atoms with E-state index < -0.39 is 0 Å². The van der Waals surface area contributed by atoms with E-state index in [1.165, 1.54) is 5.01 Å². The van der Waals surface area contributed by atoms with E-state index in [0.29, 0.717) is 5.92 Å². The maximum Gasteiger partial charge on any atom is 0.249 e. The second-order valence-electron chi connectivity index (χ2n) is 5.28. The molecular weight excluding hydrogens is 300 g/mol. The fourth-order valence-corrected chi connectivity index (χ4v) is 4.19. The highest BCUT2D eigenvalue weighted by Crippen LogP contribution is 2.29. The van der Waals surface area contributed by atoms with E-state index in [1.807, 2.05) is 47.0 Å². The van der Waals surface area contributed by atoms with Crippen molar-refractivity contribution in [1.82, 2.24) is 9.88 Å². The molecule has 110 valence electrons. The van der Waals surface area contributed by atoms with Crippen molar-refractivity contribution in [3.63, 3.8) is 0 Å². The minimum atomic E-state index is 0.168. The lowest BCUT2D eigenvalue weighted by Gasteiger charge is -2.31. The zero-order chi connectivity index (χ0) is 14.7. The highest BCUT2D eigenvalue weighted by molar-refractivity contribution is 7.10. The molecule has 0 atom stereocenters. The van der Waals surface area contributed by atoms with Gasteiger partial charge in [0.2, 0.25) is 5.91 Å². The fraction of sp³-hybridized carbons (Fsp3) is 0.375. The molecule has 1 aliphatic rings. The minimum Gasteiger partial charge on any atom is -0.339 e. The number of carbonyl (C=O) groups is 1. The van der Waals surface area contributed by atoms with Gasteiger partial charge in [-0.2, -0.15) is 0 Å². The molecule has 3 heterocycles. The molecule has 2 aromatic rings. The number of aromatic nitrogens is 1. The molecule has 21 heavy (non-hydrogen) atoms. The van der Waals surface area contributed by atoms with Gasteiger partial charge in [0.1, 0.15) is 0 Å². The van der Waals surface area contributed by atoms with Crippen LogP contribution in [0.4, 0.5) is 0 Å². The van der Waals surface area contributed by atoms with Crippen molar-refractivity contribution in [3.05, 3.63) is 44.5 Å². The summed E-state index contributed by atoms with van der Waals surface area (Å²) >= 11 is 3.38. The van der Waals surface area contributed by atoms with E-state index in [0.717, 1.165) is 36.4 Å². The van der Waals surface area contributed by atoms with Gasteiger partial charge in [0.25, 0.3) is 0 Å². The molecule has 0 N–H and O–H groups in total. The Balaban J connectivity index is 1.60. The Kier molecular flexibility index (Phi) is 4.51. The number of hydrogen-bond acceptors (Lipinski definition) is 4. The molecule has 0 unspecified atom stereocenters. The zero-order valence-electron chi connectivity index (χ0n) is 12.0.